The van der Waals surface area contributed by atoms with Gasteiger partial charge in [0.1, 0.15) is 0 Å². The summed E-state index contributed by atoms with van der Waals surface area (Å²) in [4.78, 5) is 25.0. The maximum Gasteiger partial charge on any atom is 0.159 e. The van der Waals surface area contributed by atoms with Gasteiger partial charge in [-0.25, -0.2) is 0 Å². The van der Waals surface area contributed by atoms with E-state index in [9.17, 15) is 9.59 Å². The van der Waals surface area contributed by atoms with Gasteiger partial charge >= 0.3 is 0 Å². The summed E-state index contributed by atoms with van der Waals surface area (Å²) >= 11 is 0. The minimum atomic E-state index is -0.577. The molecule has 2 bridgehead atoms. The van der Waals surface area contributed by atoms with Gasteiger partial charge in [-0.1, -0.05) is 58.3 Å². The quantitative estimate of drug-likeness (QED) is 0.536. The molecule has 2 atom stereocenters. The van der Waals surface area contributed by atoms with E-state index in [0.29, 0.717) is 6.42 Å². The number of rotatable bonds is 6. The molecule has 2 nitrogen and oxygen atoms in total. The minimum absolute atomic E-state index is 0.0319. The molecule has 2 heteroatoms. The Balaban J connectivity index is 2.14. The van der Waals surface area contributed by atoms with Crippen molar-refractivity contribution in [2.24, 2.45) is 16.7 Å². The van der Waals surface area contributed by atoms with Gasteiger partial charge in [0.05, 0.1) is 5.41 Å². The Morgan fingerprint density at radius 2 is 1.90 bits per heavy atom. The zero-order chi connectivity index (χ0) is 15.0. The van der Waals surface area contributed by atoms with Crippen LogP contribution >= 0.6 is 0 Å². The molecule has 0 saturated heterocycles. The number of Topliss-reactive ketones (excluding diaryl/α,β-unsaturated/α-hetero) is 2. The van der Waals surface area contributed by atoms with Gasteiger partial charge in [0.15, 0.2) is 11.6 Å². The number of carbonyl (C=O) groups is 2. The first kappa shape index (κ1) is 15.2. The van der Waals surface area contributed by atoms with Crippen LogP contribution in [0.5, 0.6) is 0 Å². The summed E-state index contributed by atoms with van der Waals surface area (Å²) in [5.41, 5.74) is -0.157. The number of allylic oxidation sites excluding steroid dienone is 4. The van der Waals surface area contributed by atoms with Crippen molar-refractivity contribution in [1.29, 1.82) is 0 Å². The second-order valence-electron chi connectivity index (χ2n) is 7.00. The van der Waals surface area contributed by atoms with Crippen molar-refractivity contribution in [3.05, 3.63) is 23.8 Å². The van der Waals surface area contributed by atoms with Crippen molar-refractivity contribution >= 4 is 11.6 Å². The second-order valence-corrected chi connectivity index (χ2v) is 7.00. The summed E-state index contributed by atoms with van der Waals surface area (Å²) in [5, 5.41) is 0. The summed E-state index contributed by atoms with van der Waals surface area (Å²) in [7, 11) is 0. The van der Waals surface area contributed by atoms with E-state index >= 15 is 0 Å². The van der Waals surface area contributed by atoms with Crippen molar-refractivity contribution < 1.29 is 9.59 Å². The summed E-state index contributed by atoms with van der Waals surface area (Å²) in [6.45, 7) is 8.04. The van der Waals surface area contributed by atoms with Gasteiger partial charge in [0, 0.05) is 23.3 Å². The summed E-state index contributed by atoms with van der Waals surface area (Å²) in [5.74, 6) is 0.442. The molecule has 0 fully saturated rings. The number of hydrogen-bond donors (Lipinski definition) is 0. The Labute approximate surface area is 122 Å². The average Bonchev–Trinajstić information content (AvgIpc) is 2.40. The maximum atomic E-state index is 12.5. The van der Waals surface area contributed by atoms with Crippen LogP contribution < -0.4 is 0 Å². The van der Waals surface area contributed by atoms with Gasteiger partial charge in [0.2, 0.25) is 0 Å². The van der Waals surface area contributed by atoms with Crippen LogP contribution in [0.2, 0.25) is 0 Å². The SMILES string of the molecule is CCCCCCC(=O)C1=CC2(C)C=CC1C(C)(C)C2=O. The Bertz CT molecular complexity index is 482. The number of fused-ring (bicyclic) bond motifs is 1. The van der Waals surface area contributed by atoms with E-state index in [1.54, 1.807) is 0 Å². The van der Waals surface area contributed by atoms with Gasteiger partial charge in [-0.15, -0.1) is 0 Å². The average molecular weight is 274 g/mol. The molecule has 0 radical (unpaired) electrons. The lowest BCUT2D eigenvalue weighted by Crippen LogP contribution is -2.49. The van der Waals surface area contributed by atoms with E-state index in [0.717, 1.165) is 18.4 Å². The molecule has 3 aliphatic carbocycles. The van der Waals surface area contributed by atoms with Gasteiger partial charge < -0.3 is 0 Å². The molecule has 0 N–H and O–H groups in total. The molecular formula is C18H26O2. The predicted octanol–water partition coefficient (Wildman–Crippen LogP) is 4.25. The normalized spacial score (nSPS) is 30.5. The number of hydrogen-bond acceptors (Lipinski definition) is 2. The van der Waals surface area contributed by atoms with E-state index in [1.807, 2.05) is 32.9 Å². The van der Waals surface area contributed by atoms with E-state index in [-0.39, 0.29) is 17.5 Å². The Kier molecular flexibility index (Phi) is 4.04. The number of unbranched alkanes of at least 4 members (excludes halogenated alkanes) is 3. The van der Waals surface area contributed by atoms with Gasteiger partial charge in [-0.2, -0.15) is 0 Å². The van der Waals surface area contributed by atoms with Crippen LogP contribution in [0.15, 0.2) is 23.8 Å². The molecule has 0 aliphatic heterocycles. The molecule has 0 saturated carbocycles. The molecule has 3 rings (SSSR count). The first-order valence-electron chi connectivity index (χ1n) is 7.83. The van der Waals surface area contributed by atoms with E-state index in [4.69, 9.17) is 0 Å². The lowest BCUT2D eigenvalue weighted by atomic mass is 9.54. The summed E-state index contributed by atoms with van der Waals surface area (Å²) in [6.07, 6.45) is 11.0. The van der Waals surface area contributed by atoms with Crippen molar-refractivity contribution in [3.63, 3.8) is 0 Å². The standard InChI is InChI=1S/C18H26O2/c1-5-6-7-8-9-15(19)13-12-18(4)11-10-14(13)17(2,3)16(18)20/h10-12,14H,5-9H2,1-4H3. The molecule has 0 amide bonds. The van der Waals surface area contributed by atoms with Crippen LogP contribution in [-0.4, -0.2) is 11.6 Å². The van der Waals surface area contributed by atoms with Gasteiger partial charge in [-0.05, 0) is 13.3 Å². The van der Waals surface area contributed by atoms with Gasteiger partial charge in [0.25, 0.3) is 0 Å². The number of carbonyl (C=O) groups excluding carboxylic acids is 2. The first-order valence-corrected chi connectivity index (χ1v) is 7.83. The zero-order valence-corrected chi connectivity index (χ0v) is 13.2. The predicted molar refractivity (Wildman–Crippen MR) is 81.4 cm³/mol. The highest BCUT2D eigenvalue weighted by molar-refractivity contribution is 6.04. The molecule has 20 heavy (non-hydrogen) atoms. The Hall–Kier alpha value is -1.18. The zero-order valence-electron chi connectivity index (χ0n) is 13.2. The lowest BCUT2D eigenvalue weighted by Gasteiger charge is -2.46. The smallest absolute Gasteiger partial charge is 0.159 e. The maximum absolute atomic E-state index is 12.5. The Morgan fingerprint density at radius 1 is 1.20 bits per heavy atom. The molecule has 0 aromatic heterocycles. The fourth-order valence-corrected chi connectivity index (χ4v) is 3.58. The summed E-state index contributed by atoms with van der Waals surface area (Å²) in [6, 6.07) is 0. The van der Waals surface area contributed by atoms with Crippen molar-refractivity contribution in [1.82, 2.24) is 0 Å². The summed E-state index contributed by atoms with van der Waals surface area (Å²) < 4.78 is 0. The van der Waals surface area contributed by atoms with Crippen LogP contribution in [0.1, 0.15) is 59.8 Å². The van der Waals surface area contributed by atoms with E-state index in [1.165, 1.54) is 12.8 Å². The highest BCUT2D eigenvalue weighted by Crippen LogP contribution is 2.51. The largest absolute Gasteiger partial charge is 0.298 e. The van der Waals surface area contributed by atoms with Crippen LogP contribution in [0.25, 0.3) is 0 Å². The highest BCUT2D eigenvalue weighted by atomic mass is 16.1. The molecule has 2 unspecified atom stereocenters. The second kappa shape index (κ2) is 5.31. The number of ketones is 2. The third-order valence-electron chi connectivity index (χ3n) is 4.86. The molecular weight excluding hydrogens is 248 g/mol. The van der Waals surface area contributed by atoms with Crippen LogP contribution in [-0.2, 0) is 9.59 Å². The fourth-order valence-electron chi connectivity index (χ4n) is 3.58. The molecule has 0 heterocycles. The third kappa shape index (κ3) is 2.41. The van der Waals surface area contributed by atoms with E-state index < -0.39 is 10.8 Å². The van der Waals surface area contributed by atoms with Crippen molar-refractivity contribution in [2.75, 3.05) is 0 Å². The van der Waals surface area contributed by atoms with Crippen molar-refractivity contribution in [2.45, 2.75) is 59.8 Å². The van der Waals surface area contributed by atoms with Crippen LogP contribution in [0.3, 0.4) is 0 Å². The molecule has 0 spiro atoms. The lowest BCUT2D eigenvalue weighted by molar-refractivity contribution is -0.136. The molecule has 110 valence electrons. The van der Waals surface area contributed by atoms with Crippen molar-refractivity contribution in [3.8, 4) is 0 Å². The van der Waals surface area contributed by atoms with E-state index in [2.05, 4.69) is 13.0 Å². The fraction of sp³-hybridized carbons (Fsp3) is 0.667. The first-order chi connectivity index (χ1) is 9.33. The topological polar surface area (TPSA) is 34.1 Å². The molecule has 3 aliphatic rings. The monoisotopic (exact) mass is 274 g/mol. The van der Waals surface area contributed by atoms with Gasteiger partial charge in [-0.3, -0.25) is 9.59 Å². The third-order valence-corrected chi connectivity index (χ3v) is 4.86. The molecule has 0 aromatic carbocycles. The Morgan fingerprint density at radius 3 is 2.50 bits per heavy atom. The van der Waals surface area contributed by atoms with Crippen LogP contribution in [0.4, 0.5) is 0 Å². The highest BCUT2D eigenvalue weighted by Gasteiger charge is 2.52. The van der Waals surface area contributed by atoms with Crippen LogP contribution in [0, 0.1) is 16.7 Å². The minimum Gasteiger partial charge on any atom is -0.298 e. The molecule has 0 aromatic rings.